The number of nitrogens with zero attached hydrogens (tertiary/aromatic N) is 2. The zero-order chi connectivity index (χ0) is 15.5. The van der Waals surface area contributed by atoms with Gasteiger partial charge >= 0.3 is 0 Å². The van der Waals surface area contributed by atoms with Crippen LogP contribution in [0.15, 0.2) is 48.8 Å². The Morgan fingerprint density at radius 3 is 2.78 bits per heavy atom. The van der Waals surface area contributed by atoms with Crippen molar-refractivity contribution in [3.63, 3.8) is 0 Å². The Bertz CT molecular complexity index is 803. The van der Waals surface area contributed by atoms with Crippen molar-refractivity contribution >= 4 is 0 Å². The van der Waals surface area contributed by atoms with Crippen LogP contribution in [0.2, 0.25) is 0 Å². The summed E-state index contributed by atoms with van der Waals surface area (Å²) >= 11 is 0. The van der Waals surface area contributed by atoms with Crippen molar-refractivity contribution in [2.24, 2.45) is 0 Å². The zero-order valence-electron chi connectivity index (χ0n) is 12.4. The molecule has 23 heavy (non-hydrogen) atoms. The molecule has 1 aromatic heterocycles. The summed E-state index contributed by atoms with van der Waals surface area (Å²) in [5.41, 5.74) is 1.89. The van der Waals surface area contributed by atoms with Crippen LogP contribution >= 0.6 is 0 Å². The molecule has 6 heteroatoms. The van der Waals surface area contributed by atoms with E-state index in [0.29, 0.717) is 25.6 Å². The first kappa shape index (κ1) is 13.6. The highest BCUT2D eigenvalue weighted by Gasteiger charge is 2.13. The molecular weight excluding hydrogens is 294 g/mol. The topological polar surface area (TPSA) is 69.3 Å². The number of H-pyrrole nitrogens is 1. The number of hydrogen-bond donors (Lipinski definition) is 1. The van der Waals surface area contributed by atoms with Gasteiger partial charge in [-0.1, -0.05) is 18.2 Å². The van der Waals surface area contributed by atoms with Crippen molar-refractivity contribution in [1.29, 1.82) is 0 Å². The molecule has 3 aromatic rings. The lowest BCUT2D eigenvalue weighted by molar-refractivity contribution is 0.171. The second-order valence-corrected chi connectivity index (χ2v) is 5.10. The van der Waals surface area contributed by atoms with E-state index in [1.54, 1.807) is 0 Å². The summed E-state index contributed by atoms with van der Waals surface area (Å²) in [6.45, 7) is 1.60. The van der Waals surface area contributed by atoms with E-state index in [2.05, 4.69) is 15.2 Å². The van der Waals surface area contributed by atoms with Crippen LogP contribution in [0, 0.1) is 0 Å². The second kappa shape index (κ2) is 6.00. The summed E-state index contributed by atoms with van der Waals surface area (Å²) in [5.74, 6) is 2.98. The lowest BCUT2D eigenvalue weighted by Crippen LogP contribution is -2.15. The fourth-order valence-electron chi connectivity index (χ4n) is 2.46. The molecule has 0 saturated heterocycles. The molecule has 1 N–H and O–H groups in total. The van der Waals surface area contributed by atoms with Crippen molar-refractivity contribution < 1.29 is 14.2 Å². The summed E-state index contributed by atoms with van der Waals surface area (Å²) < 4.78 is 17.1. The van der Waals surface area contributed by atoms with Crippen LogP contribution < -0.4 is 14.2 Å². The Kier molecular flexibility index (Phi) is 3.56. The molecule has 0 saturated carbocycles. The van der Waals surface area contributed by atoms with E-state index in [-0.39, 0.29) is 0 Å². The van der Waals surface area contributed by atoms with Gasteiger partial charge in [0.05, 0.1) is 5.56 Å². The van der Waals surface area contributed by atoms with Crippen LogP contribution in [-0.4, -0.2) is 28.4 Å². The number of para-hydroxylation sites is 1. The molecule has 0 aliphatic carbocycles. The normalized spacial score (nSPS) is 12.9. The predicted molar refractivity (Wildman–Crippen MR) is 83.6 cm³/mol. The van der Waals surface area contributed by atoms with Crippen LogP contribution in [0.3, 0.4) is 0 Å². The van der Waals surface area contributed by atoms with Crippen molar-refractivity contribution in [2.45, 2.75) is 6.61 Å². The molecule has 0 radical (unpaired) electrons. The first-order chi connectivity index (χ1) is 11.4. The van der Waals surface area contributed by atoms with E-state index in [4.69, 9.17) is 14.2 Å². The smallest absolute Gasteiger partial charge is 0.161 e. The quantitative estimate of drug-likeness (QED) is 0.802. The van der Waals surface area contributed by atoms with Gasteiger partial charge in [0.1, 0.15) is 31.9 Å². The van der Waals surface area contributed by atoms with Crippen molar-refractivity contribution in [3.05, 3.63) is 54.4 Å². The van der Waals surface area contributed by atoms with Gasteiger partial charge in [0.25, 0.3) is 0 Å². The van der Waals surface area contributed by atoms with E-state index in [0.717, 1.165) is 28.4 Å². The number of fused-ring (bicyclic) bond motifs is 1. The number of benzene rings is 2. The third-order valence-corrected chi connectivity index (χ3v) is 3.56. The number of aromatic amines is 1. The molecule has 0 spiro atoms. The van der Waals surface area contributed by atoms with Gasteiger partial charge in [0, 0.05) is 0 Å². The van der Waals surface area contributed by atoms with E-state index in [1.165, 1.54) is 6.33 Å². The van der Waals surface area contributed by atoms with Gasteiger partial charge in [-0.05, 0) is 29.8 Å². The second-order valence-electron chi connectivity index (χ2n) is 5.10. The molecule has 2 aromatic carbocycles. The van der Waals surface area contributed by atoms with Crippen LogP contribution in [0.25, 0.3) is 11.4 Å². The fraction of sp³-hybridized carbons (Fsp3) is 0.176. The molecule has 116 valence electrons. The van der Waals surface area contributed by atoms with Gasteiger partial charge < -0.3 is 14.2 Å². The number of hydrogen-bond acceptors (Lipinski definition) is 5. The molecule has 0 fully saturated rings. The average Bonchev–Trinajstić information content (AvgIpc) is 3.14. The molecule has 4 rings (SSSR count). The summed E-state index contributed by atoms with van der Waals surface area (Å²) in [4.78, 5) is 4.18. The molecule has 0 unspecified atom stereocenters. The standard InChI is InChI=1S/C17H15N3O3/c1-2-4-14(13(3-1)17-18-11-19-20-17)23-10-12-5-6-15-16(9-12)22-8-7-21-15/h1-6,9,11H,7-8,10H2,(H,18,19,20). The third-order valence-electron chi connectivity index (χ3n) is 3.56. The number of rotatable bonds is 4. The molecule has 2 heterocycles. The van der Waals surface area contributed by atoms with Crippen molar-refractivity contribution in [2.75, 3.05) is 13.2 Å². The van der Waals surface area contributed by atoms with Gasteiger partial charge in [-0.25, -0.2) is 4.98 Å². The predicted octanol–water partition coefficient (Wildman–Crippen LogP) is 2.82. The van der Waals surface area contributed by atoms with E-state index >= 15 is 0 Å². The molecule has 6 nitrogen and oxygen atoms in total. The highest BCUT2D eigenvalue weighted by Crippen LogP contribution is 2.32. The van der Waals surface area contributed by atoms with E-state index < -0.39 is 0 Å². The number of ether oxygens (including phenoxy) is 3. The van der Waals surface area contributed by atoms with Gasteiger partial charge in [0.15, 0.2) is 17.3 Å². The number of nitrogens with one attached hydrogen (secondary N) is 1. The molecule has 0 atom stereocenters. The Morgan fingerprint density at radius 1 is 1.04 bits per heavy atom. The zero-order valence-corrected chi connectivity index (χ0v) is 12.4. The van der Waals surface area contributed by atoms with Gasteiger partial charge in [-0.15, -0.1) is 0 Å². The third kappa shape index (κ3) is 2.83. The minimum atomic E-state index is 0.432. The lowest BCUT2D eigenvalue weighted by atomic mass is 10.2. The Balaban J connectivity index is 1.54. The van der Waals surface area contributed by atoms with Gasteiger partial charge in [-0.2, -0.15) is 5.10 Å². The first-order valence-corrected chi connectivity index (χ1v) is 7.36. The maximum Gasteiger partial charge on any atom is 0.161 e. The van der Waals surface area contributed by atoms with Gasteiger partial charge in [-0.3, -0.25) is 5.10 Å². The molecule has 1 aliphatic heterocycles. The minimum absolute atomic E-state index is 0.432. The fourth-order valence-corrected chi connectivity index (χ4v) is 2.46. The van der Waals surface area contributed by atoms with E-state index in [1.807, 2.05) is 42.5 Å². The molecule has 1 aliphatic rings. The van der Waals surface area contributed by atoms with Crippen molar-refractivity contribution in [1.82, 2.24) is 15.2 Å². The highest BCUT2D eigenvalue weighted by molar-refractivity contribution is 5.63. The number of aromatic nitrogens is 3. The van der Waals surface area contributed by atoms with Crippen LogP contribution in [-0.2, 0) is 6.61 Å². The summed E-state index contributed by atoms with van der Waals surface area (Å²) in [5, 5.41) is 6.74. The maximum atomic E-state index is 5.95. The van der Waals surface area contributed by atoms with Crippen LogP contribution in [0.4, 0.5) is 0 Å². The summed E-state index contributed by atoms with van der Waals surface area (Å²) in [6.07, 6.45) is 1.48. The van der Waals surface area contributed by atoms with Crippen molar-refractivity contribution in [3.8, 4) is 28.6 Å². The lowest BCUT2D eigenvalue weighted by Gasteiger charge is -2.19. The highest BCUT2D eigenvalue weighted by atomic mass is 16.6. The van der Waals surface area contributed by atoms with Gasteiger partial charge in [0.2, 0.25) is 0 Å². The summed E-state index contributed by atoms with van der Waals surface area (Å²) in [6, 6.07) is 13.6. The SMILES string of the molecule is c1ccc(-c2ncn[nH]2)c(OCc2ccc3c(c2)OCCO3)c1. The first-order valence-electron chi connectivity index (χ1n) is 7.36. The molecular formula is C17H15N3O3. The Hall–Kier alpha value is -3.02. The summed E-state index contributed by atoms with van der Waals surface area (Å²) in [7, 11) is 0. The van der Waals surface area contributed by atoms with E-state index in [9.17, 15) is 0 Å². The van der Waals surface area contributed by atoms with Crippen LogP contribution in [0.1, 0.15) is 5.56 Å². The molecule has 0 amide bonds. The Morgan fingerprint density at radius 2 is 1.91 bits per heavy atom. The minimum Gasteiger partial charge on any atom is -0.488 e. The average molecular weight is 309 g/mol. The largest absolute Gasteiger partial charge is 0.488 e. The Labute approximate surface area is 133 Å². The maximum absolute atomic E-state index is 5.95. The van der Waals surface area contributed by atoms with Crippen LogP contribution in [0.5, 0.6) is 17.2 Å². The monoisotopic (exact) mass is 309 g/mol. The molecule has 0 bridgehead atoms.